The van der Waals surface area contributed by atoms with E-state index in [1.54, 1.807) is 0 Å². The van der Waals surface area contributed by atoms with E-state index < -0.39 is 0 Å². The molecule has 0 aromatic heterocycles. The number of rotatable bonds is 33. The molecule has 2 heteroatoms. The lowest BCUT2D eigenvalue weighted by molar-refractivity contribution is -0.124. The third kappa shape index (κ3) is 28.6. The van der Waals surface area contributed by atoms with Gasteiger partial charge >= 0.3 is 0 Å². The van der Waals surface area contributed by atoms with E-state index in [0.29, 0.717) is 12.2 Å². The lowest BCUT2D eigenvalue weighted by Gasteiger charge is -2.13. The Morgan fingerprint density at radius 1 is 0.421 bits per heavy atom. The molecule has 0 saturated carbocycles. The van der Waals surface area contributed by atoms with Crippen LogP contribution >= 0.6 is 0 Å². The van der Waals surface area contributed by atoms with Crippen LogP contribution in [0.4, 0.5) is 0 Å². The highest BCUT2D eigenvalue weighted by Gasteiger charge is 2.16. The number of ketones is 1. The smallest absolute Gasteiger partial charge is 0.138 e. The molecule has 0 aliphatic carbocycles. The van der Waals surface area contributed by atoms with Crippen molar-refractivity contribution < 1.29 is 9.90 Å². The molecule has 0 bridgehead atoms. The molecule has 2 nitrogen and oxygen atoms in total. The van der Waals surface area contributed by atoms with Gasteiger partial charge in [0.05, 0.1) is 6.61 Å². The van der Waals surface area contributed by atoms with E-state index in [1.807, 2.05) is 0 Å². The molecular weight excluding hydrogens is 464 g/mol. The van der Waals surface area contributed by atoms with Gasteiger partial charge in [-0.25, -0.2) is 0 Å². The molecule has 38 heavy (non-hydrogen) atoms. The molecule has 0 aromatic rings. The highest BCUT2D eigenvalue weighted by molar-refractivity contribution is 5.81. The summed E-state index contributed by atoms with van der Waals surface area (Å²) < 4.78 is 0. The van der Waals surface area contributed by atoms with Gasteiger partial charge in [-0.3, -0.25) is 4.79 Å². The van der Waals surface area contributed by atoms with E-state index in [2.05, 4.69) is 13.8 Å². The van der Waals surface area contributed by atoms with Crippen LogP contribution in [0.1, 0.15) is 213 Å². The Labute approximate surface area is 240 Å². The van der Waals surface area contributed by atoms with Gasteiger partial charge in [0.1, 0.15) is 5.78 Å². The van der Waals surface area contributed by atoms with Crippen molar-refractivity contribution in [1.29, 1.82) is 0 Å². The van der Waals surface area contributed by atoms with Crippen molar-refractivity contribution in [3.8, 4) is 0 Å². The predicted molar refractivity (Wildman–Crippen MR) is 170 cm³/mol. The molecule has 1 N–H and O–H groups in total. The zero-order chi connectivity index (χ0) is 27.8. The summed E-state index contributed by atoms with van der Waals surface area (Å²) in [4.78, 5) is 12.5. The van der Waals surface area contributed by atoms with Crippen LogP contribution in [0.25, 0.3) is 0 Å². The lowest BCUT2D eigenvalue weighted by Crippen LogP contribution is -2.18. The van der Waals surface area contributed by atoms with Crippen molar-refractivity contribution in [2.24, 2.45) is 5.92 Å². The Bertz CT molecular complexity index is 447. The van der Waals surface area contributed by atoms with E-state index in [4.69, 9.17) is 0 Å². The number of carbonyl (C=O) groups excluding carboxylic acids is 1. The molecule has 0 aliphatic rings. The van der Waals surface area contributed by atoms with Gasteiger partial charge in [-0.05, 0) is 12.8 Å². The van der Waals surface area contributed by atoms with E-state index in [-0.39, 0.29) is 12.5 Å². The number of carbonyl (C=O) groups is 1. The molecule has 0 aromatic carbocycles. The fourth-order valence-corrected chi connectivity index (χ4v) is 5.81. The minimum Gasteiger partial charge on any atom is -0.396 e. The summed E-state index contributed by atoms with van der Waals surface area (Å²) >= 11 is 0. The Kier molecular flexibility index (Phi) is 32.5. The van der Waals surface area contributed by atoms with Crippen LogP contribution in [0.3, 0.4) is 0 Å². The number of hydrogen-bond acceptors (Lipinski definition) is 2. The largest absolute Gasteiger partial charge is 0.396 e. The monoisotopic (exact) mass is 537 g/mol. The van der Waals surface area contributed by atoms with Crippen LogP contribution in [0, 0.1) is 5.92 Å². The van der Waals surface area contributed by atoms with Crippen molar-refractivity contribution in [3.63, 3.8) is 0 Å². The summed E-state index contributed by atoms with van der Waals surface area (Å²) in [6.45, 7) is 4.62. The first kappa shape index (κ1) is 37.6. The Hall–Kier alpha value is -0.370. The van der Waals surface area contributed by atoms with Crippen LogP contribution in [-0.4, -0.2) is 17.5 Å². The van der Waals surface area contributed by atoms with Gasteiger partial charge in [0, 0.05) is 12.3 Å². The molecule has 1 atom stereocenters. The first-order valence-corrected chi connectivity index (χ1v) is 17.9. The van der Waals surface area contributed by atoms with E-state index in [1.165, 1.54) is 173 Å². The van der Waals surface area contributed by atoms with Crippen LogP contribution in [0.15, 0.2) is 0 Å². The number of aliphatic hydroxyl groups is 1. The fourth-order valence-electron chi connectivity index (χ4n) is 5.81. The minimum absolute atomic E-state index is 0.0516. The summed E-state index contributed by atoms with van der Waals surface area (Å²) in [5.41, 5.74) is 0. The fraction of sp³-hybridized carbons (Fsp3) is 0.972. The highest BCUT2D eigenvalue weighted by atomic mass is 16.3. The van der Waals surface area contributed by atoms with Gasteiger partial charge in [-0.15, -0.1) is 0 Å². The van der Waals surface area contributed by atoms with Gasteiger partial charge in [0.25, 0.3) is 0 Å². The van der Waals surface area contributed by atoms with Gasteiger partial charge < -0.3 is 5.11 Å². The first-order chi connectivity index (χ1) is 18.8. The third-order valence-corrected chi connectivity index (χ3v) is 8.61. The van der Waals surface area contributed by atoms with Gasteiger partial charge in [-0.1, -0.05) is 194 Å². The molecule has 0 rings (SSSR count). The standard InChI is InChI=1S/C36H72O2/c1-3-5-7-9-11-13-15-17-18-19-21-22-24-26-28-30-32-35(34-37)36(38)33-31-29-27-25-23-20-16-14-12-10-8-6-4-2/h35,37H,3-34H2,1-2H3. The SMILES string of the molecule is CCCCCCCCCCCCCCCCCCC(CO)C(=O)CCCCCCCCCCCCCCC. The van der Waals surface area contributed by atoms with Crippen LogP contribution < -0.4 is 0 Å². The normalized spacial score (nSPS) is 12.3. The maximum atomic E-state index is 12.5. The minimum atomic E-state index is -0.0982. The quantitative estimate of drug-likeness (QED) is 0.0847. The maximum Gasteiger partial charge on any atom is 0.138 e. The molecule has 0 heterocycles. The van der Waals surface area contributed by atoms with Crippen molar-refractivity contribution in [2.45, 2.75) is 213 Å². The Morgan fingerprint density at radius 2 is 0.684 bits per heavy atom. The average molecular weight is 537 g/mol. The molecular formula is C36H72O2. The molecule has 228 valence electrons. The zero-order valence-electron chi connectivity index (χ0n) is 26.6. The van der Waals surface area contributed by atoms with Crippen molar-refractivity contribution in [2.75, 3.05) is 6.61 Å². The number of Topliss-reactive ketones (excluding diaryl/α,β-unsaturated/α-hetero) is 1. The van der Waals surface area contributed by atoms with Crippen molar-refractivity contribution in [3.05, 3.63) is 0 Å². The van der Waals surface area contributed by atoms with E-state index in [0.717, 1.165) is 19.3 Å². The summed E-state index contributed by atoms with van der Waals surface area (Å²) in [7, 11) is 0. The number of aliphatic hydroxyl groups excluding tert-OH is 1. The lowest BCUT2D eigenvalue weighted by atomic mass is 9.93. The summed E-state index contributed by atoms with van der Waals surface area (Å²) in [6, 6.07) is 0. The molecule has 0 aliphatic heterocycles. The maximum absolute atomic E-state index is 12.5. The molecule has 0 amide bonds. The highest BCUT2D eigenvalue weighted by Crippen LogP contribution is 2.18. The Balaban J connectivity index is 3.39. The van der Waals surface area contributed by atoms with Crippen LogP contribution in [-0.2, 0) is 4.79 Å². The molecule has 1 unspecified atom stereocenters. The Morgan fingerprint density at radius 3 is 0.974 bits per heavy atom. The van der Waals surface area contributed by atoms with E-state index >= 15 is 0 Å². The molecule has 0 spiro atoms. The summed E-state index contributed by atoms with van der Waals surface area (Å²) in [5.74, 6) is 0.218. The van der Waals surface area contributed by atoms with E-state index in [9.17, 15) is 9.90 Å². The molecule has 0 saturated heterocycles. The van der Waals surface area contributed by atoms with Crippen LogP contribution in [0.5, 0.6) is 0 Å². The second-order valence-electron chi connectivity index (χ2n) is 12.4. The van der Waals surface area contributed by atoms with Gasteiger partial charge in [0.2, 0.25) is 0 Å². The van der Waals surface area contributed by atoms with Gasteiger partial charge in [0.15, 0.2) is 0 Å². The zero-order valence-corrected chi connectivity index (χ0v) is 26.6. The number of hydrogen-bond donors (Lipinski definition) is 1. The number of unbranched alkanes of at least 4 members (excludes halogenated alkanes) is 27. The summed E-state index contributed by atoms with van der Waals surface area (Å²) in [6.07, 6.45) is 40.9. The topological polar surface area (TPSA) is 37.3 Å². The second-order valence-corrected chi connectivity index (χ2v) is 12.4. The first-order valence-electron chi connectivity index (χ1n) is 17.9. The van der Waals surface area contributed by atoms with Crippen LogP contribution in [0.2, 0.25) is 0 Å². The average Bonchev–Trinajstić information content (AvgIpc) is 2.93. The van der Waals surface area contributed by atoms with Crippen molar-refractivity contribution in [1.82, 2.24) is 0 Å². The molecule has 0 fully saturated rings. The van der Waals surface area contributed by atoms with Crippen molar-refractivity contribution >= 4 is 5.78 Å². The predicted octanol–water partition coefficient (Wildman–Crippen LogP) is 12.3. The molecule has 0 radical (unpaired) electrons. The second kappa shape index (κ2) is 32.8. The van der Waals surface area contributed by atoms with Gasteiger partial charge in [-0.2, -0.15) is 0 Å². The third-order valence-electron chi connectivity index (χ3n) is 8.61. The summed E-state index contributed by atoms with van der Waals surface area (Å²) in [5, 5.41) is 9.71.